The van der Waals surface area contributed by atoms with Gasteiger partial charge in [-0.05, 0) is 23.8 Å². The van der Waals surface area contributed by atoms with Crippen molar-refractivity contribution in [3.8, 4) is 11.3 Å². The monoisotopic (exact) mass is 397 g/mol. The van der Waals surface area contributed by atoms with Crippen LogP contribution >= 0.6 is 8.25 Å². The minimum atomic E-state index is -2.95. The minimum absolute atomic E-state index is 0.0473. The van der Waals surface area contributed by atoms with Crippen molar-refractivity contribution in [1.82, 2.24) is 9.78 Å². The van der Waals surface area contributed by atoms with Gasteiger partial charge in [-0.25, -0.2) is 0 Å². The average Bonchev–Trinajstić information content (AvgIpc) is 3.07. The number of anilines is 1. The van der Waals surface area contributed by atoms with Crippen molar-refractivity contribution in [2.24, 2.45) is 7.05 Å². The number of benzene rings is 2. The van der Waals surface area contributed by atoms with Crippen molar-refractivity contribution >= 4 is 25.9 Å². The molecule has 8 heteroatoms. The first-order valence-corrected chi connectivity index (χ1v) is 9.80. The molecule has 1 aromatic heterocycles. The first kappa shape index (κ1) is 19.8. The van der Waals surface area contributed by atoms with Gasteiger partial charge in [-0.3, -0.25) is 14.0 Å². The summed E-state index contributed by atoms with van der Waals surface area (Å²) in [6, 6.07) is 16.7. The lowest BCUT2D eigenvalue weighted by molar-refractivity contribution is -0.111. The highest BCUT2D eigenvalue weighted by molar-refractivity contribution is 7.32. The summed E-state index contributed by atoms with van der Waals surface area (Å²) in [5, 5.41) is 7.05. The molecule has 0 radical (unpaired) electrons. The number of hydrogen-bond donors (Lipinski definition) is 2. The largest absolute Gasteiger partial charge is 0.326 e. The zero-order chi connectivity index (χ0) is 19.9. The summed E-state index contributed by atoms with van der Waals surface area (Å²) in [5.74, 6) is -0.271. The molecule has 0 spiro atoms. The van der Waals surface area contributed by atoms with E-state index >= 15 is 0 Å². The maximum Gasteiger partial charge on any atom is 0.316 e. The third-order valence-electron chi connectivity index (χ3n) is 4.01. The zero-order valence-corrected chi connectivity index (χ0v) is 16.2. The van der Waals surface area contributed by atoms with Gasteiger partial charge < -0.3 is 14.7 Å². The number of amides is 1. The predicted octanol–water partition coefficient (Wildman–Crippen LogP) is 3.64. The summed E-state index contributed by atoms with van der Waals surface area (Å²) >= 11 is 0. The molecule has 0 aliphatic carbocycles. The average molecular weight is 397 g/mol. The van der Waals surface area contributed by atoms with Crippen LogP contribution in [0.4, 0.5) is 5.69 Å². The van der Waals surface area contributed by atoms with Gasteiger partial charge in [-0.15, -0.1) is 0 Å². The Morgan fingerprint density at radius 2 is 1.93 bits per heavy atom. The van der Waals surface area contributed by atoms with Crippen LogP contribution in [0.1, 0.15) is 11.1 Å². The van der Waals surface area contributed by atoms with Gasteiger partial charge in [0.15, 0.2) is 0 Å². The summed E-state index contributed by atoms with van der Waals surface area (Å²) in [4.78, 5) is 20.9. The second-order valence-corrected chi connectivity index (χ2v) is 6.83. The van der Waals surface area contributed by atoms with E-state index < -0.39 is 8.25 Å². The summed E-state index contributed by atoms with van der Waals surface area (Å²) in [7, 11) is -1.09. The van der Waals surface area contributed by atoms with Crippen molar-refractivity contribution in [1.29, 1.82) is 0 Å². The Hall–Kier alpha value is -2.99. The van der Waals surface area contributed by atoms with Gasteiger partial charge in [0, 0.05) is 29.9 Å². The molecule has 0 saturated heterocycles. The fourth-order valence-corrected chi connectivity index (χ4v) is 2.99. The Labute approximate surface area is 163 Å². The van der Waals surface area contributed by atoms with E-state index in [2.05, 4.69) is 14.9 Å². The van der Waals surface area contributed by atoms with Crippen molar-refractivity contribution in [3.63, 3.8) is 0 Å². The Bertz CT molecular complexity index is 998. The number of rotatable bonds is 7. The second kappa shape index (κ2) is 9.28. The molecule has 3 aromatic rings. The molecule has 0 aliphatic rings. The van der Waals surface area contributed by atoms with E-state index in [1.165, 1.54) is 6.08 Å². The van der Waals surface area contributed by atoms with Gasteiger partial charge in [0.2, 0.25) is 5.91 Å². The SMILES string of the molecule is Cn1ncc(C=CC(=O)Nc2ccc(CO[PH](=O)O)cc2)c1-c1ccccc1. The summed E-state index contributed by atoms with van der Waals surface area (Å²) in [5.41, 5.74) is 4.15. The van der Waals surface area contributed by atoms with Crippen LogP contribution in [-0.4, -0.2) is 20.6 Å². The molecule has 144 valence electrons. The fraction of sp³-hybridized carbons (Fsp3) is 0.100. The highest BCUT2D eigenvalue weighted by Crippen LogP contribution is 2.24. The first-order chi connectivity index (χ1) is 13.5. The molecule has 1 heterocycles. The molecule has 28 heavy (non-hydrogen) atoms. The standard InChI is InChI=1S/C20H20N3O4P/c1-23-20(16-5-3-2-4-6-16)17(13-21-23)9-12-19(24)22-18-10-7-15(8-11-18)14-27-28(25)26/h2-13,28H,14H2,1H3,(H,22,24)(H,25,26). The van der Waals surface area contributed by atoms with Gasteiger partial charge in [0.1, 0.15) is 0 Å². The lowest BCUT2D eigenvalue weighted by Gasteiger charge is -2.05. The van der Waals surface area contributed by atoms with E-state index in [-0.39, 0.29) is 12.5 Å². The van der Waals surface area contributed by atoms with Crippen LogP contribution in [0.3, 0.4) is 0 Å². The van der Waals surface area contributed by atoms with Gasteiger partial charge in [-0.2, -0.15) is 5.10 Å². The maximum absolute atomic E-state index is 12.2. The summed E-state index contributed by atoms with van der Waals surface area (Å²) in [6.45, 7) is 0.0473. The van der Waals surface area contributed by atoms with Gasteiger partial charge >= 0.3 is 8.25 Å². The van der Waals surface area contributed by atoms with Crippen molar-refractivity contribution in [2.45, 2.75) is 6.61 Å². The minimum Gasteiger partial charge on any atom is -0.326 e. The number of hydrogen-bond acceptors (Lipinski definition) is 4. The Morgan fingerprint density at radius 1 is 1.21 bits per heavy atom. The molecule has 2 N–H and O–H groups in total. The predicted molar refractivity (Wildman–Crippen MR) is 109 cm³/mol. The number of carbonyl (C=O) groups excluding carboxylic acids is 1. The normalized spacial score (nSPS) is 12.2. The third-order valence-corrected chi connectivity index (χ3v) is 4.40. The van der Waals surface area contributed by atoms with Gasteiger partial charge in [0.25, 0.3) is 0 Å². The van der Waals surface area contributed by atoms with Crippen LogP contribution in [-0.2, 0) is 27.5 Å². The molecular formula is C20H20N3O4P. The van der Waals surface area contributed by atoms with E-state index in [1.54, 1.807) is 41.2 Å². The van der Waals surface area contributed by atoms with E-state index in [1.807, 2.05) is 37.4 Å². The smallest absolute Gasteiger partial charge is 0.316 e. The maximum atomic E-state index is 12.2. The van der Waals surface area contributed by atoms with E-state index in [0.29, 0.717) is 5.69 Å². The second-order valence-electron chi connectivity index (χ2n) is 6.01. The highest BCUT2D eigenvalue weighted by atomic mass is 31.1. The molecule has 0 aliphatic heterocycles. The van der Waals surface area contributed by atoms with Crippen molar-refractivity contribution < 1.29 is 18.8 Å². The number of nitrogens with zero attached hydrogens (tertiary/aromatic N) is 2. The molecule has 3 rings (SSSR count). The Morgan fingerprint density at radius 3 is 2.61 bits per heavy atom. The number of aromatic nitrogens is 2. The van der Waals surface area contributed by atoms with Crippen LogP contribution in [0.15, 0.2) is 66.9 Å². The van der Waals surface area contributed by atoms with Crippen LogP contribution in [0, 0.1) is 0 Å². The molecule has 1 atom stereocenters. The van der Waals surface area contributed by atoms with Crippen LogP contribution in [0.2, 0.25) is 0 Å². The fourth-order valence-electron chi connectivity index (χ4n) is 2.70. The van der Waals surface area contributed by atoms with E-state index in [9.17, 15) is 9.36 Å². The molecule has 0 fully saturated rings. The molecule has 7 nitrogen and oxygen atoms in total. The lowest BCUT2D eigenvalue weighted by Crippen LogP contribution is -2.07. The van der Waals surface area contributed by atoms with Crippen LogP contribution in [0.5, 0.6) is 0 Å². The van der Waals surface area contributed by atoms with Gasteiger partial charge in [0.05, 0.1) is 18.5 Å². The molecule has 1 amide bonds. The van der Waals surface area contributed by atoms with Crippen LogP contribution in [0.25, 0.3) is 17.3 Å². The van der Waals surface area contributed by atoms with Gasteiger partial charge in [-0.1, -0.05) is 42.5 Å². The van der Waals surface area contributed by atoms with Crippen LogP contribution < -0.4 is 5.32 Å². The Kier molecular flexibility index (Phi) is 6.55. The third kappa shape index (κ3) is 5.27. The van der Waals surface area contributed by atoms with Crippen molar-refractivity contribution in [2.75, 3.05) is 5.32 Å². The lowest BCUT2D eigenvalue weighted by atomic mass is 10.1. The van der Waals surface area contributed by atoms with E-state index in [4.69, 9.17) is 4.89 Å². The highest BCUT2D eigenvalue weighted by Gasteiger charge is 2.09. The van der Waals surface area contributed by atoms with Crippen molar-refractivity contribution in [3.05, 3.63) is 78.0 Å². The molecule has 1 unspecified atom stereocenters. The van der Waals surface area contributed by atoms with E-state index in [0.717, 1.165) is 22.4 Å². The topological polar surface area (TPSA) is 93.5 Å². The quantitative estimate of drug-likeness (QED) is 0.469. The molecule has 0 bridgehead atoms. The first-order valence-electron chi connectivity index (χ1n) is 8.54. The summed E-state index contributed by atoms with van der Waals surface area (Å²) in [6.07, 6.45) is 4.90. The number of aryl methyl sites for hydroxylation is 1. The summed E-state index contributed by atoms with van der Waals surface area (Å²) < 4.78 is 17.0. The number of carbonyl (C=O) groups is 1. The zero-order valence-electron chi connectivity index (χ0n) is 15.2. The Balaban J connectivity index is 1.66. The number of nitrogens with one attached hydrogen (secondary N) is 1. The molecule has 2 aromatic carbocycles. The molecular weight excluding hydrogens is 377 g/mol. The molecule has 0 saturated carbocycles.